The maximum Gasteiger partial charge on any atom is 0.128 e. The van der Waals surface area contributed by atoms with Crippen molar-refractivity contribution in [3.05, 3.63) is 77.9 Å². The van der Waals surface area contributed by atoms with Gasteiger partial charge in [0.15, 0.2) is 0 Å². The minimum absolute atomic E-state index is 0. The number of hydrogen-bond acceptors (Lipinski definition) is 2. The minimum atomic E-state index is -0.314. The van der Waals surface area contributed by atoms with Crippen LogP contribution in [0.2, 0.25) is 0 Å². The summed E-state index contributed by atoms with van der Waals surface area (Å²) in [6.45, 7) is 0. The molecule has 0 aliphatic carbocycles. The lowest BCUT2D eigenvalue weighted by Crippen LogP contribution is -2.11. The zero-order chi connectivity index (χ0) is 13.2. The number of nitrogens with two attached hydrogens (primary N) is 1. The summed E-state index contributed by atoms with van der Waals surface area (Å²) in [5.41, 5.74) is 8.00. The van der Waals surface area contributed by atoms with Crippen LogP contribution >= 0.6 is 12.4 Å². The summed E-state index contributed by atoms with van der Waals surface area (Å²) in [5, 5.41) is 12.3. The number of phenolic OH excluding ortho intramolecular Hbond substituents is 1. The maximum absolute atomic E-state index is 10.4. The maximum atomic E-state index is 10.4. The summed E-state index contributed by atoms with van der Waals surface area (Å²) in [6, 6.07) is 21.1. The Balaban J connectivity index is 0.00000147. The third-order valence-electron chi connectivity index (χ3n) is 3.43. The van der Waals surface area contributed by atoms with E-state index in [1.54, 1.807) is 0 Å². The molecule has 20 heavy (non-hydrogen) atoms. The number of fused-ring (bicyclic) bond motifs is 1. The highest BCUT2D eigenvalue weighted by atomic mass is 35.5. The van der Waals surface area contributed by atoms with Crippen LogP contribution in [0.4, 0.5) is 0 Å². The molecule has 102 valence electrons. The molecule has 3 N–H and O–H groups in total. The monoisotopic (exact) mass is 285 g/mol. The Bertz CT molecular complexity index is 713. The van der Waals surface area contributed by atoms with Crippen molar-refractivity contribution in [3.63, 3.8) is 0 Å². The summed E-state index contributed by atoms with van der Waals surface area (Å²) in [7, 11) is 0. The molecule has 0 saturated carbocycles. The standard InChI is InChI=1S/C17H15NO.ClH/c18-16(13-7-2-1-3-8-13)15-11-10-12-6-4-5-9-14(12)17(15)19;/h1-11,16,19H,18H2;1H. The van der Waals surface area contributed by atoms with Crippen molar-refractivity contribution in [1.82, 2.24) is 0 Å². The van der Waals surface area contributed by atoms with E-state index >= 15 is 0 Å². The molecule has 0 aliphatic heterocycles. The van der Waals surface area contributed by atoms with E-state index in [0.717, 1.165) is 21.9 Å². The van der Waals surface area contributed by atoms with Crippen LogP contribution in [0, 0.1) is 0 Å². The van der Waals surface area contributed by atoms with Crippen molar-refractivity contribution in [2.24, 2.45) is 5.73 Å². The summed E-state index contributed by atoms with van der Waals surface area (Å²) in [6.07, 6.45) is 0. The molecule has 0 fully saturated rings. The number of halogens is 1. The minimum Gasteiger partial charge on any atom is -0.507 e. The van der Waals surface area contributed by atoms with Crippen molar-refractivity contribution in [2.75, 3.05) is 0 Å². The van der Waals surface area contributed by atoms with Gasteiger partial charge in [-0.05, 0) is 10.9 Å². The first-order valence-electron chi connectivity index (χ1n) is 6.28. The van der Waals surface area contributed by atoms with E-state index in [9.17, 15) is 5.11 Å². The molecule has 0 saturated heterocycles. The van der Waals surface area contributed by atoms with Gasteiger partial charge in [0.25, 0.3) is 0 Å². The van der Waals surface area contributed by atoms with Crippen LogP contribution in [0.1, 0.15) is 17.2 Å². The second-order valence-electron chi connectivity index (χ2n) is 4.61. The highest BCUT2D eigenvalue weighted by Crippen LogP contribution is 2.33. The largest absolute Gasteiger partial charge is 0.507 e. The third-order valence-corrected chi connectivity index (χ3v) is 3.43. The van der Waals surface area contributed by atoms with Gasteiger partial charge in [-0.3, -0.25) is 0 Å². The molecule has 0 bridgehead atoms. The first-order valence-corrected chi connectivity index (χ1v) is 6.28. The van der Waals surface area contributed by atoms with Crippen LogP contribution in [-0.2, 0) is 0 Å². The molecular weight excluding hydrogens is 270 g/mol. The summed E-state index contributed by atoms with van der Waals surface area (Å²) in [4.78, 5) is 0. The molecule has 3 aromatic rings. The van der Waals surface area contributed by atoms with E-state index < -0.39 is 0 Å². The quantitative estimate of drug-likeness (QED) is 0.747. The molecule has 3 heteroatoms. The van der Waals surface area contributed by atoms with Crippen molar-refractivity contribution in [2.45, 2.75) is 6.04 Å². The molecule has 0 amide bonds. The fourth-order valence-corrected chi connectivity index (χ4v) is 2.36. The topological polar surface area (TPSA) is 46.2 Å². The molecule has 2 nitrogen and oxygen atoms in total. The van der Waals surface area contributed by atoms with Gasteiger partial charge in [0.1, 0.15) is 5.75 Å². The Hall–Kier alpha value is -2.03. The molecule has 0 aromatic heterocycles. The third kappa shape index (κ3) is 2.48. The highest BCUT2D eigenvalue weighted by molar-refractivity contribution is 5.89. The fraction of sp³-hybridized carbons (Fsp3) is 0.0588. The van der Waals surface area contributed by atoms with Crippen LogP contribution in [-0.4, -0.2) is 5.11 Å². The number of aromatic hydroxyl groups is 1. The first kappa shape index (κ1) is 14.4. The predicted octanol–water partition coefficient (Wildman–Crippen LogP) is 4.02. The average Bonchev–Trinajstić information content (AvgIpc) is 2.48. The Kier molecular flexibility index (Phi) is 4.28. The fourth-order valence-electron chi connectivity index (χ4n) is 2.36. The van der Waals surface area contributed by atoms with Crippen LogP contribution in [0.5, 0.6) is 5.75 Å². The van der Waals surface area contributed by atoms with Crippen LogP contribution in [0.3, 0.4) is 0 Å². The molecule has 3 rings (SSSR count). The Morgan fingerprint density at radius 3 is 2.20 bits per heavy atom. The summed E-state index contributed by atoms with van der Waals surface area (Å²) in [5.74, 6) is 0.273. The second-order valence-corrected chi connectivity index (χ2v) is 4.61. The lowest BCUT2D eigenvalue weighted by Gasteiger charge is -2.15. The molecule has 0 radical (unpaired) electrons. The second kappa shape index (κ2) is 5.95. The molecule has 1 atom stereocenters. The molecule has 3 aromatic carbocycles. The average molecular weight is 286 g/mol. The van der Waals surface area contributed by atoms with Gasteiger partial charge in [-0.25, -0.2) is 0 Å². The lowest BCUT2D eigenvalue weighted by molar-refractivity contribution is 0.472. The van der Waals surface area contributed by atoms with Crippen molar-refractivity contribution >= 4 is 23.2 Å². The molecule has 0 aliphatic rings. The van der Waals surface area contributed by atoms with E-state index in [-0.39, 0.29) is 24.2 Å². The van der Waals surface area contributed by atoms with Gasteiger partial charge < -0.3 is 10.8 Å². The van der Waals surface area contributed by atoms with Gasteiger partial charge in [-0.1, -0.05) is 66.7 Å². The molecule has 0 spiro atoms. The lowest BCUT2D eigenvalue weighted by atomic mass is 9.96. The van der Waals surface area contributed by atoms with Crippen molar-refractivity contribution < 1.29 is 5.11 Å². The predicted molar refractivity (Wildman–Crippen MR) is 85.3 cm³/mol. The van der Waals surface area contributed by atoms with Crippen LogP contribution in [0.15, 0.2) is 66.7 Å². The van der Waals surface area contributed by atoms with Gasteiger partial charge in [0.05, 0.1) is 6.04 Å². The number of hydrogen-bond donors (Lipinski definition) is 2. The Labute approximate surface area is 124 Å². The van der Waals surface area contributed by atoms with Crippen molar-refractivity contribution in [1.29, 1.82) is 0 Å². The number of benzene rings is 3. The first-order chi connectivity index (χ1) is 9.27. The number of rotatable bonds is 2. The molecule has 0 heterocycles. The summed E-state index contributed by atoms with van der Waals surface area (Å²) >= 11 is 0. The Morgan fingerprint density at radius 1 is 0.800 bits per heavy atom. The van der Waals surface area contributed by atoms with Gasteiger partial charge in [-0.2, -0.15) is 0 Å². The Morgan fingerprint density at radius 2 is 1.45 bits per heavy atom. The molecule has 1 unspecified atom stereocenters. The normalized spacial score (nSPS) is 11.8. The van der Waals surface area contributed by atoms with Crippen molar-refractivity contribution in [3.8, 4) is 5.75 Å². The number of phenols is 1. The summed E-state index contributed by atoms with van der Waals surface area (Å²) < 4.78 is 0. The van der Waals surface area contributed by atoms with Gasteiger partial charge in [-0.15, -0.1) is 12.4 Å². The molecular formula is C17H16ClNO. The zero-order valence-electron chi connectivity index (χ0n) is 10.9. The van der Waals surface area contributed by atoms with E-state index in [2.05, 4.69) is 0 Å². The van der Waals surface area contributed by atoms with E-state index in [1.165, 1.54) is 0 Å². The zero-order valence-corrected chi connectivity index (χ0v) is 11.7. The van der Waals surface area contributed by atoms with Gasteiger partial charge in [0.2, 0.25) is 0 Å². The van der Waals surface area contributed by atoms with Gasteiger partial charge in [0, 0.05) is 10.9 Å². The van der Waals surface area contributed by atoms with Crippen LogP contribution in [0.25, 0.3) is 10.8 Å². The van der Waals surface area contributed by atoms with E-state index in [1.807, 2.05) is 66.7 Å². The smallest absolute Gasteiger partial charge is 0.128 e. The van der Waals surface area contributed by atoms with Gasteiger partial charge >= 0.3 is 0 Å². The SMILES string of the molecule is Cl.NC(c1ccccc1)c1ccc2ccccc2c1O. The highest BCUT2D eigenvalue weighted by Gasteiger charge is 2.14. The van der Waals surface area contributed by atoms with E-state index in [0.29, 0.717) is 0 Å². The van der Waals surface area contributed by atoms with Crippen LogP contribution < -0.4 is 5.73 Å². The van der Waals surface area contributed by atoms with E-state index in [4.69, 9.17) is 5.73 Å².